The zero-order valence-electron chi connectivity index (χ0n) is 20.5. The van der Waals surface area contributed by atoms with Crippen molar-refractivity contribution in [3.05, 3.63) is 23.1 Å². The Kier molecular flexibility index (Phi) is 5.49. The second-order valence-corrected chi connectivity index (χ2v) is 12.2. The number of allylic oxidation sites excluding steroid dienone is 1. The minimum Gasteiger partial charge on any atom is -0.341 e. The van der Waals surface area contributed by atoms with Crippen LogP contribution < -0.4 is 5.73 Å². The fraction of sp³-hybridized carbons (Fsp3) is 0.852. The maximum atomic E-state index is 12.7. The molecule has 2 N–H and O–H groups in total. The lowest BCUT2D eigenvalue weighted by Gasteiger charge is -2.58. The van der Waals surface area contributed by atoms with Crippen LogP contribution in [0, 0.1) is 41.1 Å². The first-order chi connectivity index (χ1) is 15.2. The van der Waals surface area contributed by atoms with Gasteiger partial charge >= 0.3 is 0 Å². The van der Waals surface area contributed by atoms with Gasteiger partial charge in [-0.1, -0.05) is 18.6 Å². The van der Waals surface area contributed by atoms with Crippen molar-refractivity contribution in [2.75, 3.05) is 27.2 Å². The van der Waals surface area contributed by atoms with Crippen LogP contribution in [0.1, 0.15) is 65.2 Å². The fourth-order valence-electron chi connectivity index (χ4n) is 9.39. The van der Waals surface area contributed by atoms with Crippen molar-refractivity contribution in [2.24, 2.45) is 40.2 Å². The van der Waals surface area contributed by atoms with Gasteiger partial charge in [0.15, 0.2) is 6.04 Å². The molecule has 1 saturated heterocycles. The minimum absolute atomic E-state index is 0.0695. The highest BCUT2D eigenvalue weighted by molar-refractivity contribution is 5.82. The lowest BCUT2D eigenvalue weighted by atomic mass is 9.47. The zero-order chi connectivity index (χ0) is 22.8. The highest BCUT2D eigenvalue weighted by Gasteiger charge is 2.64. The van der Waals surface area contributed by atoms with E-state index in [0.29, 0.717) is 10.8 Å². The predicted molar refractivity (Wildman–Crippen MR) is 128 cm³/mol. The van der Waals surface area contributed by atoms with Crippen LogP contribution in [-0.2, 0) is 4.79 Å². The van der Waals surface area contributed by atoms with Crippen LogP contribution >= 0.6 is 0 Å². The Hall–Kier alpha value is -1.38. The normalized spacial score (nSPS) is 46.2. The summed E-state index contributed by atoms with van der Waals surface area (Å²) in [5, 5.41) is 0. The molecule has 32 heavy (non-hydrogen) atoms. The Morgan fingerprint density at radius 2 is 2.03 bits per heavy atom. The van der Waals surface area contributed by atoms with E-state index in [9.17, 15) is 4.79 Å². The SMILES string of the molecule is [C-]#[N+]C[C@@H](N)C(=O)N(C)[C@H]1CC[C@@]2(C)C(=CC[C@@H]3C2CC[C@]24CN(C)[C@@H](C)[C@H]2CC[C@@H]34)C1. The highest BCUT2D eigenvalue weighted by atomic mass is 16.2. The number of nitrogens with two attached hydrogens (primary N) is 1. The summed E-state index contributed by atoms with van der Waals surface area (Å²) in [4.78, 5) is 20.6. The fourth-order valence-corrected chi connectivity index (χ4v) is 9.39. The van der Waals surface area contributed by atoms with Crippen LogP contribution in [0.15, 0.2) is 11.6 Å². The number of nitrogens with zero attached hydrogens (tertiary/aromatic N) is 3. The average molecular weight is 439 g/mol. The lowest BCUT2D eigenvalue weighted by molar-refractivity contribution is -0.134. The van der Waals surface area contributed by atoms with Gasteiger partial charge in [0, 0.05) is 25.7 Å². The molecule has 1 heterocycles. The van der Waals surface area contributed by atoms with Crippen molar-refractivity contribution in [1.29, 1.82) is 0 Å². The number of rotatable bonds is 3. The molecule has 1 spiro atoms. The summed E-state index contributed by atoms with van der Waals surface area (Å²) in [7, 11) is 4.25. The largest absolute Gasteiger partial charge is 0.341 e. The number of likely N-dealkylation sites (N-methyl/N-ethyl adjacent to an activating group) is 1. The van der Waals surface area contributed by atoms with Gasteiger partial charge in [-0.2, -0.15) is 0 Å². The Morgan fingerprint density at radius 3 is 2.78 bits per heavy atom. The van der Waals surface area contributed by atoms with Crippen molar-refractivity contribution in [3.8, 4) is 0 Å². The van der Waals surface area contributed by atoms with Crippen LogP contribution in [0.4, 0.5) is 0 Å². The Balaban J connectivity index is 1.34. The summed E-state index contributed by atoms with van der Waals surface area (Å²) in [6.45, 7) is 13.4. The van der Waals surface area contributed by atoms with Crippen molar-refractivity contribution in [1.82, 2.24) is 9.80 Å². The molecule has 1 aliphatic heterocycles. The van der Waals surface area contributed by atoms with E-state index >= 15 is 0 Å². The average Bonchev–Trinajstić information content (AvgIpc) is 3.26. The maximum Gasteiger partial charge on any atom is 0.247 e. The molecule has 5 rings (SSSR count). The second kappa shape index (κ2) is 7.84. The molecule has 0 radical (unpaired) electrons. The molecule has 5 nitrogen and oxygen atoms in total. The number of fused-ring (bicyclic) bond motifs is 4. The zero-order valence-corrected chi connectivity index (χ0v) is 20.5. The quantitative estimate of drug-likeness (QED) is 0.536. The monoisotopic (exact) mass is 438 g/mol. The molecule has 0 bridgehead atoms. The number of hydrogen-bond acceptors (Lipinski definition) is 3. The predicted octanol–water partition coefficient (Wildman–Crippen LogP) is 3.95. The molecular weight excluding hydrogens is 396 g/mol. The molecule has 9 atom stereocenters. The summed E-state index contributed by atoms with van der Waals surface area (Å²) < 4.78 is 0. The van der Waals surface area contributed by atoms with E-state index in [4.69, 9.17) is 12.3 Å². The van der Waals surface area contributed by atoms with Gasteiger partial charge in [-0.25, -0.2) is 6.57 Å². The van der Waals surface area contributed by atoms with Gasteiger partial charge in [-0.05, 0) is 99.8 Å². The summed E-state index contributed by atoms with van der Waals surface area (Å²) >= 11 is 0. The first-order valence-electron chi connectivity index (χ1n) is 13.0. The molecule has 4 fully saturated rings. The van der Waals surface area contributed by atoms with Gasteiger partial charge in [-0.15, -0.1) is 0 Å². The number of likely N-dealkylation sites (tertiary alicyclic amines) is 1. The van der Waals surface area contributed by atoms with E-state index in [0.717, 1.165) is 42.6 Å². The van der Waals surface area contributed by atoms with Crippen molar-refractivity contribution in [2.45, 2.75) is 83.3 Å². The van der Waals surface area contributed by atoms with E-state index in [1.165, 1.54) is 45.1 Å². The molecule has 0 aromatic heterocycles. The van der Waals surface area contributed by atoms with Crippen LogP contribution in [0.3, 0.4) is 0 Å². The minimum atomic E-state index is -0.688. The summed E-state index contributed by atoms with van der Waals surface area (Å²) in [5.41, 5.74) is 8.46. The van der Waals surface area contributed by atoms with E-state index in [2.05, 4.69) is 36.7 Å². The van der Waals surface area contributed by atoms with E-state index in [-0.39, 0.29) is 18.5 Å². The number of amides is 1. The van der Waals surface area contributed by atoms with Gasteiger partial charge in [0.05, 0.1) is 0 Å². The molecule has 0 aromatic rings. The van der Waals surface area contributed by atoms with E-state index in [1.54, 1.807) is 5.57 Å². The smallest absolute Gasteiger partial charge is 0.247 e. The third-order valence-corrected chi connectivity index (χ3v) is 11.2. The van der Waals surface area contributed by atoms with Crippen LogP contribution in [-0.4, -0.2) is 61.0 Å². The maximum absolute atomic E-state index is 12.7. The molecule has 5 heteroatoms. The van der Waals surface area contributed by atoms with Crippen LogP contribution in [0.2, 0.25) is 0 Å². The summed E-state index contributed by atoms with van der Waals surface area (Å²) in [6, 6.07) is 0.289. The number of hydrogen-bond donors (Lipinski definition) is 1. The summed E-state index contributed by atoms with van der Waals surface area (Å²) in [5.74, 6) is 3.40. The van der Waals surface area contributed by atoms with Gasteiger partial charge in [0.2, 0.25) is 12.5 Å². The lowest BCUT2D eigenvalue weighted by Crippen LogP contribution is -2.54. The molecule has 3 saturated carbocycles. The van der Waals surface area contributed by atoms with Crippen LogP contribution in [0.5, 0.6) is 0 Å². The molecule has 4 aliphatic carbocycles. The third kappa shape index (κ3) is 3.05. The molecule has 1 unspecified atom stereocenters. The Labute approximate surface area is 194 Å². The number of carbonyl (C=O) groups excluding carboxylic acids is 1. The van der Waals surface area contributed by atoms with Gasteiger partial charge in [0.1, 0.15) is 0 Å². The Bertz CT molecular complexity index is 847. The second-order valence-electron chi connectivity index (χ2n) is 12.2. The number of carbonyl (C=O) groups is 1. The van der Waals surface area contributed by atoms with Gasteiger partial charge < -0.3 is 20.4 Å². The van der Waals surface area contributed by atoms with E-state index < -0.39 is 6.04 Å². The standard InChI is InChI=1S/C27H42N4O/c1-17-21-8-9-23-20-7-6-18-14-19(31(5)25(32)24(28)15-29-3)10-12-26(18,2)22(20)11-13-27(21,23)16-30(17)4/h6,17,19-24H,7-16,28H2,1-2,4-5H3/t17-,19-,20+,21+,22?,23-,24+,26-,27-/m0/s1. The van der Waals surface area contributed by atoms with E-state index in [1.807, 2.05) is 11.9 Å². The third-order valence-electron chi connectivity index (χ3n) is 11.2. The highest BCUT2D eigenvalue weighted by Crippen LogP contribution is 2.68. The van der Waals surface area contributed by atoms with Crippen molar-refractivity contribution < 1.29 is 4.79 Å². The van der Waals surface area contributed by atoms with Gasteiger partial charge in [0.25, 0.3) is 0 Å². The topological polar surface area (TPSA) is 53.9 Å². The van der Waals surface area contributed by atoms with Crippen molar-refractivity contribution in [3.63, 3.8) is 0 Å². The first kappa shape index (κ1) is 22.4. The Morgan fingerprint density at radius 1 is 1.28 bits per heavy atom. The summed E-state index contributed by atoms with van der Waals surface area (Å²) in [6.07, 6.45) is 12.8. The molecule has 176 valence electrons. The molecule has 0 aromatic carbocycles. The van der Waals surface area contributed by atoms with Crippen molar-refractivity contribution >= 4 is 5.91 Å². The molecular formula is C27H42N4O. The molecule has 1 amide bonds. The molecule has 5 aliphatic rings. The first-order valence-corrected chi connectivity index (χ1v) is 13.0. The van der Waals surface area contributed by atoms with Gasteiger partial charge in [-0.3, -0.25) is 4.79 Å². The van der Waals surface area contributed by atoms with Crippen LogP contribution in [0.25, 0.3) is 4.85 Å².